The maximum Gasteiger partial charge on any atom is 0.167 e. The second kappa shape index (κ2) is 6.96. The molecule has 4 atom stereocenters. The van der Waals surface area contributed by atoms with Crippen LogP contribution in [0.1, 0.15) is 11.8 Å². The van der Waals surface area contributed by atoms with E-state index in [0.717, 1.165) is 5.56 Å². The molecule has 9 heteroatoms. The van der Waals surface area contributed by atoms with E-state index >= 15 is 0 Å². The normalized spacial score (nSPS) is 25.8. The number of nitrogen functional groups attached to an aromatic ring is 1. The van der Waals surface area contributed by atoms with Crippen molar-refractivity contribution in [1.29, 1.82) is 0 Å². The highest BCUT2D eigenvalue weighted by molar-refractivity contribution is 5.81. The van der Waals surface area contributed by atoms with Crippen LogP contribution in [0.2, 0.25) is 0 Å². The first-order valence-corrected chi connectivity index (χ1v) is 8.33. The molecule has 0 radical (unpaired) electrons. The molecular weight excluding hydrogens is 336 g/mol. The van der Waals surface area contributed by atoms with E-state index < -0.39 is 24.5 Å². The Labute approximate surface area is 149 Å². The molecule has 5 N–H and O–H groups in total. The average Bonchev–Trinajstić information content (AvgIpc) is 3.22. The second-order valence-electron chi connectivity index (χ2n) is 6.21. The molecule has 3 heterocycles. The molecule has 2 aromatic heterocycles. The molecular formula is C17H20N6O3. The molecule has 136 valence electrons. The number of nitrogens with one attached hydrogen (secondary N) is 1. The summed E-state index contributed by atoms with van der Waals surface area (Å²) in [6, 6.07) is 9.38. The van der Waals surface area contributed by atoms with Gasteiger partial charge in [-0.1, -0.05) is 30.3 Å². The maximum atomic E-state index is 10.8. The van der Waals surface area contributed by atoms with Crippen molar-refractivity contribution in [2.75, 3.05) is 12.3 Å². The number of aliphatic hydroxyl groups is 2. The van der Waals surface area contributed by atoms with Crippen LogP contribution >= 0.6 is 0 Å². The van der Waals surface area contributed by atoms with Gasteiger partial charge in [-0.3, -0.25) is 4.57 Å². The van der Waals surface area contributed by atoms with Gasteiger partial charge in [0.25, 0.3) is 0 Å². The van der Waals surface area contributed by atoms with Crippen LogP contribution in [0.4, 0.5) is 5.82 Å². The first kappa shape index (κ1) is 16.9. The molecule has 0 bridgehead atoms. The lowest BCUT2D eigenvalue weighted by atomic mass is 10.1. The van der Waals surface area contributed by atoms with Crippen LogP contribution in [0.3, 0.4) is 0 Å². The van der Waals surface area contributed by atoms with E-state index in [1.165, 1.54) is 12.7 Å². The molecule has 0 aliphatic carbocycles. The van der Waals surface area contributed by atoms with Gasteiger partial charge in [0.1, 0.15) is 24.1 Å². The first-order chi connectivity index (χ1) is 12.7. The number of nitrogens with two attached hydrogens (primary N) is 1. The van der Waals surface area contributed by atoms with Crippen molar-refractivity contribution in [2.24, 2.45) is 0 Å². The number of rotatable bonds is 5. The van der Waals surface area contributed by atoms with Crippen molar-refractivity contribution in [1.82, 2.24) is 24.8 Å². The van der Waals surface area contributed by atoms with E-state index in [1.54, 1.807) is 4.57 Å². The monoisotopic (exact) mass is 356 g/mol. The summed E-state index contributed by atoms with van der Waals surface area (Å²) in [4.78, 5) is 12.3. The van der Waals surface area contributed by atoms with Gasteiger partial charge in [0.15, 0.2) is 17.7 Å². The number of imidazole rings is 1. The maximum absolute atomic E-state index is 10.8. The SMILES string of the molecule is Nc1ncnc2c1ncn2C1OC(CO)C(NCc2ccccc2)C1O. The minimum Gasteiger partial charge on any atom is -0.394 e. The van der Waals surface area contributed by atoms with Crippen molar-refractivity contribution in [2.45, 2.75) is 31.0 Å². The molecule has 9 nitrogen and oxygen atoms in total. The van der Waals surface area contributed by atoms with Crippen molar-refractivity contribution in [3.63, 3.8) is 0 Å². The number of nitrogens with zero attached hydrogens (tertiary/aromatic N) is 4. The summed E-state index contributed by atoms with van der Waals surface area (Å²) in [6.07, 6.45) is 0.656. The summed E-state index contributed by atoms with van der Waals surface area (Å²) in [5.74, 6) is 0.263. The van der Waals surface area contributed by atoms with E-state index in [9.17, 15) is 10.2 Å². The molecule has 1 saturated heterocycles. The Morgan fingerprint density at radius 1 is 1.19 bits per heavy atom. The van der Waals surface area contributed by atoms with Gasteiger partial charge < -0.3 is 26.0 Å². The van der Waals surface area contributed by atoms with Gasteiger partial charge >= 0.3 is 0 Å². The number of hydrogen-bond donors (Lipinski definition) is 4. The number of aliphatic hydroxyl groups excluding tert-OH is 2. The number of anilines is 1. The van der Waals surface area contributed by atoms with E-state index in [2.05, 4.69) is 20.3 Å². The van der Waals surface area contributed by atoms with Gasteiger partial charge in [-0.2, -0.15) is 0 Å². The van der Waals surface area contributed by atoms with Gasteiger partial charge in [-0.25, -0.2) is 15.0 Å². The summed E-state index contributed by atoms with van der Waals surface area (Å²) >= 11 is 0. The third-order valence-corrected chi connectivity index (χ3v) is 4.60. The second-order valence-corrected chi connectivity index (χ2v) is 6.21. The van der Waals surface area contributed by atoms with E-state index in [-0.39, 0.29) is 12.4 Å². The number of aromatic nitrogens is 4. The molecule has 1 aromatic carbocycles. The zero-order chi connectivity index (χ0) is 18.1. The molecule has 0 amide bonds. The van der Waals surface area contributed by atoms with E-state index in [0.29, 0.717) is 17.7 Å². The Morgan fingerprint density at radius 3 is 2.77 bits per heavy atom. The predicted octanol–water partition coefficient (Wildman–Crippen LogP) is -0.183. The molecule has 26 heavy (non-hydrogen) atoms. The molecule has 1 fully saturated rings. The summed E-state index contributed by atoms with van der Waals surface area (Å²) in [5, 5.41) is 23.8. The predicted molar refractivity (Wildman–Crippen MR) is 93.8 cm³/mol. The largest absolute Gasteiger partial charge is 0.394 e. The number of hydrogen-bond acceptors (Lipinski definition) is 8. The summed E-state index contributed by atoms with van der Waals surface area (Å²) in [6.45, 7) is 0.332. The first-order valence-electron chi connectivity index (χ1n) is 8.33. The minimum atomic E-state index is -0.899. The fourth-order valence-corrected chi connectivity index (χ4v) is 3.27. The quantitative estimate of drug-likeness (QED) is 0.495. The Balaban J connectivity index is 1.57. The van der Waals surface area contributed by atoms with Crippen LogP contribution in [-0.4, -0.2) is 54.6 Å². The highest BCUT2D eigenvalue weighted by Crippen LogP contribution is 2.32. The van der Waals surface area contributed by atoms with Gasteiger partial charge in [-0.15, -0.1) is 0 Å². The van der Waals surface area contributed by atoms with Crippen molar-refractivity contribution in [3.8, 4) is 0 Å². The van der Waals surface area contributed by atoms with Crippen molar-refractivity contribution < 1.29 is 14.9 Å². The van der Waals surface area contributed by atoms with Crippen LogP contribution in [0.15, 0.2) is 43.0 Å². The molecule has 0 spiro atoms. The summed E-state index contributed by atoms with van der Waals surface area (Å²) in [5.41, 5.74) is 7.81. The third-order valence-electron chi connectivity index (χ3n) is 4.60. The van der Waals surface area contributed by atoms with E-state index in [4.69, 9.17) is 10.5 Å². The highest BCUT2D eigenvalue weighted by Gasteiger charge is 2.44. The van der Waals surface area contributed by atoms with Gasteiger partial charge in [0.05, 0.1) is 19.0 Å². The average molecular weight is 356 g/mol. The lowest BCUT2D eigenvalue weighted by Gasteiger charge is -2.21. The molecule has 0 saturated carbocycles. The summed E-state index contributed by atoms with van der Waals surface area (Å²) in [7, 11) is 0. The van der Waals surface area contributed by atoms with Crippen LogP contribution in [0.25, 0.3) is 11.2 Å². The van der Waals surface area contributed by atoms with Crippen LogP contribution in [0.5, 0.6) is 0 Å². The molecule has 1 aliphatic heterocycles. The molecule has 4 rings (SSSR count). The smallest absolute Gasteiger partial charge is 0.167 e. The number of benzene rings is 1. The van der Waals surface area contributed by atoms with Crippen LogP contribution in [-0.2, 0) is 11.3 Å². The zero-order valence-electron chi connectivity index (χ0n) is 13.9. The Kier molecular flexibility index (Phi) is 4.51. The standard InChI is InChI=1S/C17H20N6O3/c18-15-13-16(21-8-20-15)23(9-22-13)17-14(25)12(11(7-24)26-17)19-6-10-4-2-1-3-5-10/h1-5,8-9,11-12,14,17,19,24-25H,6-7H2,(H2,18,20,21). The van der Waals surface area contributed by atoms with Gasteiger partial charge in [0, 0.05) is 6.54 Å². The van der Waals surface area contributed by atoms with Gasteiger partial charge in [-0.05, 0) is 5.56 Å². The lowest BCUT2D eigenvalue weighted by Crippen LogP contribution is -2.45. The van der Waals surface area contributed by atoms with Crippen molar-refractivity contribution >= 4 is 17.0 Å². The molecule has 3 aromatic rings. The van der Waals surface area contributed by atoms with Crippen LogP contribution < -0.4 is 11.1 Å². The fourth-order valence-electron chi connectivity index (χ4n) is 3.27. The van der Waals surface area contributed by atoms with Crippen molar-refractivity contribution in [3.05, 3.63) is 48.5 Å². The molecule has 4 unspecified atom stereocenters. The Hall–Kier alpha value is -2.59. The fraction of sp³-hybridized carbons (Fsp3) is 0.353. The topological polar surface area (TPSA) is 131 Å². The minimum absolute atomic E-state index is 0.218. The highest BCUT2D eigenvalue weighted by atomic mass is 16.5. The third kappa shape index (κ3) is 2.90. The van der Waals surface area contributed by atoms with Crippen LogP contribution in [0, 0.1) is 0 Å². The lowest BCUT2D eigenvalue weighted by molar-refractivity contribution is -0.0489. The van der Waals surface area contributed by atoms with Gasteiger partial charge in [0.2, 0.25) is 0 Å². The Morgan fingerprint density at radius 2 is 2.00 bits per heavy atom. The summed E-state index contributed by atoms with van der Waals surface area (Å²) < 4.78 is 7.49. The van der Waals surface area contributed by atoms with E-state index in [1.807, 2.05) is 30.3 Å². The number of ether oxygens (including phenoxy) is 1. The number of fused-ring (bicyclic) bond motifs is 1. The molecule has 1 aliphatic rings. The zero-order valence-corrected chi connectivity index (χ0v) is 13.9. The Bertz CT molecular complexity index is 887.